The van der Waals surface area contributed by atoms with Crippen molar-refractivity contribution >= 4 is 17.5 Å². The molecule has 1 aliphatic rings. The molecule has 2 amide bonds. The van der Waals surface area contributed by atoms with E-state index in [0.717, 1.165) is 49.3 Å². The zero-order valence-electron chi connectivity index (χ0n) is 18.9. The molecular formula is C25H31N5O2. The van der Waals surface area contributed by atoms with Crippen LogP contribution in [0.15, 0.2) is 36.5 Å². The molecule has 0 saturated carbocycles. The van der Waals surface area contributed by atoms with E-state index in [0.29, 0.717) is 30.0 Å². The number of benzene rings is 1. The lowest BCUT2D eigenvalue weighted by Gasteiger charge is -2.32. The molecule has 0 bridgehead atoms. The molecule has 0 aliphatic carbocycles. The van der Waals surface area contributed by atoms with Gasteiger partial charge in [0.05, 0.1) is 6.20 Å². The molecule has 1 saturated heterocycles. The molecule has 7 heteroatoms. The highest BCUT2D eigenvalue weighted by atomic mass is 16.2. The van der Waals surface area contributed by atoms with E-state index in [1.807, 2.05) is 18.7 Å². The summed E-state index contributed by atoms with van der Waals surface area (Å²) in [5.74, 6) is 0.347. The van der Waals surface area contributed by atoms with Crippen molar-refractivity contribution in [2.24, 2.45) is 11.7 Å². The second kappa shape index (κ2) is 9.51. The van der Waals surface area contributed by atoms with Gasteiger partial charge in [-0.25, -0.2) is 9.50 Å². The summed E-state index contributed by atoms with van der Waals surface area (Å²) >= 11 is 0. The molecule has 2 N–H and O–H groups in total. The molecule has 0 unspecified atom stereocenters. The first kappa shape index (κ1) is 22.0. The Kier molecular flexibility index (Phi) is 6.53. The molecule has 1 fully saturated rings. The van der Waals surface area contributed by atoms with Crippen LogP contribution in [0, 0.1) is 19.8 Å². The minimum absolute atomic E-state index is 0.198. The van der Waals surface area contributed by atoms with Crippen molar-refractivity contribution in [1.29, 1.82) is 0 Å². The fraction of sp³-hybridized carbons (Fsp3) is 0.440. The Morgan fingerprint density at radius 2 is 1.81 bits per heavy atom. The Labute approximate surface area is 188 Å². The van der Waals surface area contributed by atoms with Gasteiger partial charge in [0.1, 0.15) is 5.56 Å². The van der Waals surface area contributed by atoms with Crippen molar-refractivity contribution < 1.29 is 9.59 Å². The lowest BCUT2D eigenvalue weighted by atomic mass is 9.90. The summed E-state index contributed by atoms with van der Waals surface area (Å²) in [6, 6.07) is 10.6. The Morgan fingerprint density at radius 1 is 1.09 bits per heavy atom. The standard InChI is InChI=1S/C25H31N5O2/c1-17-21(18(2)30-25(28-17)22(16-27-30)24(26)32)10-11-23(31)29-14-12-20(13-15-29)9-8-19-6-4-3-5-7-19/h3-7,16,20H,8-15H2,1-2H3,(H2,26,32). The molecule has 3 heterocycles. The molecule has 1 aliphatic heterocycles. The van der Waals surface area contributed by atoms with Gasteiger partial charge in [0.25, 0.3) is 5.91 Å². The molecular weight excluding hydrogens is 402 g/mol. The van der Waals surface area contributed by atoms with E-state index in [1.165, 1.54) is 18.2 Å². The number of likely N-dealkylation sites (tertiary alicyclic amines) is 1. The molecule has 3 aromatic rings. The van der Waals surface area contributed by atoms with E-state index >= 15 is 0 Å². The number of amides is 2. The van der Waals surface area contributed by atoms with Crippen LogP contribution in [0.25, 0.3) is 5.65 Å². The highest BCUT2D eigenvalue weighted by Gasteiger charge is 2.23. The topological polar surface area (TPSA) is 93.6 Å². The van der Waals surface area contributed by atoms with Crippen LogP contribution in [0.5, 0.6) is 0 Å². The molecule has 32 heavy (non-hydrogen) atoms. The number of hydrogen-bond donors (Lipinski definition) is 1. The predicted octanol–water partition coefficient (Wildman–Crippen LogP) is 3.25. The van der Waals surface area contributed by atoms with Gasteiger partial charge in [-0.3, -0.25) is 9.59 Å². The summed E-state index contributed by atoms with van der Waals surface area (Å²) in [6.07, 6.45) is 6.97. The van der Waals surface area contributed by atoms with Crippen LogP contribution < -0.4 is 5.73 Å². The molecule has 0 radical (unpaired) electrons. The fourth-order valence-electron chi connectivity index (χ4n) is 4.72. The Balaban J connectivity index is 1.31. The zero-order chi connectivity index (χ0) is 22.7. The molecule has 7 nitrogen and oxygen atoms in total. The summed E-state index contributed by atoms with van der Waals surface area (Å²) in [5.41, 5.74) is 10.3. The number of rotatable bonds is 7. The number of fused-ring (bicyclic) bond motifs is 1. The van der Waals surface area contributed by atoms with Gasteiger partial charge in [0.2, 0.25) is 5.91 Å². The third-order valence-corrected chi connectivity index (χ3v) is 6.71. The highest BCUT2D eigenvalue weighted by Crippen LogP contribution is 2.24. The van der Waals surface area contributed by atoms with E-state index < -0.39 is 5.91 Å². The number of nitrogens with two attached hydrogens (primary N) is 1. The Hall–Kier alpha value is -3.22. The monoisotopic (exact) mass is 433 g/mol. The first-order chi connectivity index (χ1) is 15.4. The average Bonchev–Trinajstić information content (AvgIpc) is 3.22. The molecule has 168 valence electrons. The van der Waals surface area contributed by atoms with Gasteiger partial charge >= 0.3 is 0 Å². The first-order valence-corrected chi connectivity index (χ1v) is 11.4. The first-order valence-electron chi connectivity index (χ1n) is 11.4. The van der Waals surface area contributed by atoms with Crippen molar-refractivity contribution in [3.8, 4) is 0 Å². The van der Waals surface area contributed by atoms with Crippen molar-refractivity contribution in [2.75, 3.05) is 13.1 Å². The van der Waals surface area contributed by atoms with Crippen molar-refractivity contribution in [3.63, 3.8) is 0 Å². The fourth-order valence-corrected chi connectivity index (χ4v) is 4.72. The summed E-state index contributed by atoms with van der Waals surface area (Å²) in [4.78, 5) is 31.0. The Morgan fingerprint density at radius 3 is 2.50 bits per heavy atom. The highest BCUT2D eigenvalue weighted by molar-refractivity contribution is 5.98. The lowest BCUT2D eigenvalue weighted by molar-refractivity contribution is -0.132. The minimum Gasteiger partial charge on any atom is -0.365 e. The van der Waals surface area contributed by atoms with E-state index in [9.17, 15) is 9.59 Å². The van der Waals surface area contributed by atoms with Crippen LogP contribution in [-0.2, 0) is 17.6 Å². The molecule has 4 rings (SSSR count). The largest absolute Gasteiger partial charge is 0.365 e. The number of nitrogens with zero attached hydrogens (tertiary/aromatic N) is 4. The number of piperidine rings is 1. The van der Waals surface area contributed by atoms with E-state index in [1.54, 1.807) is 4.52 Å². The van der Waals surface area contributed by atoms with Gasteiger partial charge in [-0.2, -0.15) is 5.10 Å². The lowest BCUT2D eigenvalue weighted by Crippen LogP contribution is -2.38. The third-order valence-electron chi connectivity index (χ3n) is 6.71. The van der Waals surface area contributed by atoms with Crippen molar-refractivity contribution in [3.05, 3.63) is 64.6 Å². The maximum atomic E-state index is 12.9. The molecule has 0 atom stereocenters. The zero-order valence-corrected chi connectivity index (χ0v) is 18.9. The van der Waals surface area contributed by atoms with Gasteiger partial charge in [-0.05, 0) is 63.0 Å². The molecule has 2 aromatic heterocycles. The van der Waals surface area contributed by atoms with Crippen LogP contribution in [0.2, 0.25) is 0 Å². The molecule has 0 spiro atoms. The van der Waals surface area contributed by atoms with Crippen LogP contribution in [-0.4, -0.2) is 44.4 Å². The number of carbonyl (C=O) groups is 2. The van der Waals surface area contributed by atoms with Crippen LogP contribution in [0.4, 0.5) is 0 Å². The summed E-state index contributed by atoms with van der Waals surface area (Å²) in [6.45, 7) is 5.53. The van der Waals surface area contributed by atoms with Gasteiger partial charge < -0.3 is 10.6 Å². The predicted molar refractivity (Wildman–Crippen MR) is 123 cm³/mol. The number of primary amides is 1. The second-order valence-corrected chi connectivity index (χ2v) is 8.77. The molecule has 1 aromatic carbocycles. The SMILES string of the molecule is Cc1nc2c(C(N)=O)cnn2c(C)c1CCC(=O)N1CCC(CCc2ccccc2)CC1. The normalized spacial score (nSPS) is 14.8. The summed E-state index contributed by atoms with van der Waals surface area (Å²) in [5, 5.41) is 4.26. The summed E-state index contributed by atoms with van der Waals surface area (Å²) in [7, 11) is 0. The number of aromatic nitrogens is 3. The van der Waals surface area contributed by atoms with Crippen LogP contribution in [0.3, 0.4) is 0 Å². The summed E-state index contributed by atoms with van der Waals surface area (Å²) < 4.78 is 1.64. The van der Waals surface area contributed by atoms with Crippen molar-refractivity contribution in [2.45, 2.75) is 52.4 Å². The van der Waals surface area contributed by atoms with Gasteiger partial charge in [0, 0.05) is 30.9 Å². The number of aryl methyl sites for hydroxylation is 3. The maximum absolute atomic E-state index is 12.9. The third kappa shape index (κ3) is 4.66. The maximum Gasteiger partial charge on any atom is 0.254 e. The number of carbonyl (C=O) groups excluding carboxylic acids is 2. The Bertz CT molecular complexity index is 1110. The van der Waals surface area contributed by atoms with Crippen LogP contribution in [0.1, 0.15) is 58.6 Å². The van der Waals surface area contributed by atoms with Crippen molar-refractivity contribution in [1.82, 2.24) is 19.5 Å². The van der Waals surface area contributed by atoms with E-state index in [4.69, 9.17) is 5.73 Å². The van der Waals surface area contributed by atoms with E-state index in [2.05, 4.69) is 40.4 Å². The number of hydrogen-bond acceptors (Lipinski definition) is 4. The van der Waals surface area contributed by atoms with Crippen LogP contribution >= 0.6 is 0 Å². The van der Waals surface area contributed by atoms with E-state index in [-0.39, 0.29) is 5.91 Å². The van der Waals surface area contributed by atoms with Gasteiger partial charge in [-0.1, -0.05) is 30.3 Å². The quantitative estimate of drug-likeness (QED) is 0.619. The van der Waals surface area contributed by atoms with Gasteiger partial charge in [-0.15, -0.1) is 0 Å². The smallest absolute Gasteiger partial charge is 0.254 e. The average molecular weight is 434 g/mol. The minimum atomic E-state index is -0.540. The second-order valence-electron chi connectivity index (χ2n) is 8.77. The van der Waals surface area contributed by atoms with Gasteiger partial charge in [0.15, 0.2) is 5.65 Å².